The van der Waals surface area contributed by atoms with Crippen LogP contribution in [0.4, 0.5) is 0 Å². The van der Waals surface area contributed by atoms with E-state index in [9.17, 15) is 4.79 Å². The zero-order valence-electron chi connectivity index (χ0n) is 9.71. The Morgan fingerprint density at radius 2 is 2.00 bits per heavy atom. The third-order valence-corrected chi connectivity index (χ3v) is 3.78. The van der Waals surface area contributed by atoms with Gasteiger partial charge in [-0.2, -0.15) is 0 Å². The van der Waals surface area contributed by atoms with Gasteiger partial charge in [-0.25, -0.2) is 0 Å². The molecule has 0 aliphatic heterocycles. The molecule has 1 saturated carbocycles. The summed E-state index contributed by atoms with van der Waals surface area (Å²) < 4.78 is 0. The first kappa shape index (κ1) is 12.4. The van der Waals surface area contributed by atoms with E-state index in [4.69, 9.17) is 17.3 Å². The summed E-state index contributed by atoms with van der Waals surface area (Å²) in [5, 5.41) is 3.53. The maximum absolute atomic E-state index is 12.1. The lowest BCUT2D eigenvalue weighted by atomic mass is 9.97. The minimum Gasteiger partial charge on any atom is -0.345 e. The van der Waals surface area contributed by atoms with Crippen LogP contribution in [0.3, 0.4) is 0 Å². The molecule has 1 aromatic carbocycles. The summed E-state index contributed by atoms with van der Waals surface area (Å²) in [5.41, 5.74) is 6.08. The number of carbonyl (C=O) groups excluding carboxylic acids is 1. The van der Waals surface area contributed by atoms with E-state index in [0.29, 0.717) is 17.1 Å². The molecule has 0 bridgehead atoms. The van der Waals surface area contributed by atoms with Gasteiger partial charge >= 0.3 is 0 Å². The Bertz CT molecular complexity index is 414. The topological polar surface area (TPSA) is 55.1 Å². The van der Waals surface area contributed by atoms with Crippen LogP contribution in [-0.2, 0) is 0 Å². The lowest BCUT2D eigenvalue weighted by Crippen LogP contribution is -2.51. The number of halogens is 1. The lowest BCUT2D eigenvalue weighted by molar-refractivity contribution is 0.0903. The second-order valence-corrected chi connectivity index (χ2v) is 5.03. The fourth-order valence-electron chi connectivity index (χ4n) is 2.39. The number of amides is 1. The predicted molar refractivity (Wildman–Crippen MR) is 69.2 cm³/mol. The largest absolute Gasteiger partial charge is 0.345 e. The highest BCUT2D eigenvalue weighted by molar-refractivity contribution is 6.33. The summed E-state index contributed by atoms with van der Waals surface area (Å²) in [6.45, 7) is 0.489. The molecule has 0 saturated heterocycles. The van der Waals surface area contributed by atoms with Gasteiger partial charge in [-0.3, -0.25) is 4.79 Å². The van der Waals surface area contributed by atoms with E-state index < -0.39 is 0 Å². The van der Waals surface area contributed by atoms with Crippen LogP contribution in [0.15, 0.2) is 24.3 Å². The second-order valence-electron chi connectivity index (χ2n) is 4.63. The minimum absolute atomic E-state index is 0.122. The average Bonchev–Trinajstić information content (AvgIpc) is 2.79. The minimum atomic E-state index is -0.226. The molecule has 1 aromatic rings. The number of nitrogens with one attached hydrogen (secondary N) is 1. The number of carbonyl (C=O) groups is 1. The van der Waals surface area contributed by atoms with E-state index in [1.807, 2.05) is 12.1 Å². The SMILES string of the molecule is NCC1(NC(=O)c2ccccc2Cl)CCCC1. The average molecular weight is 253 g/mol. The van der Waals surface area contributed by atoms with E-state index >= 15 is 0 Å². The predicted octanol–water partition coefficient (Wildman–Crippen LogP) is 2.34. The van der Waals surface area contributed by atoms with Crippen LogP contribution in [0.1, 0.15) is 36.0 Å². The van der Waals surface area contributed by atoms with Crippen molar-refractivity contribution in [2.75, 3.05) is 6.54 Å². The molecule has 0 atom stereocenters. The van der Waals surface area contributed by atoms with Gasteiger partial charge in [-0.1, -0.05) is 36.6 Å². The summed E-state index contributed by atoms with van der Waals surface area (Å²) in [6.07, 6.45) is 4.17. The monoisotopic (exact) mass is 252 g/mol. The highest BCUT2D eigenvalue weighted by atomic mass is 35.5. The van der Waals surface area contributed by atoms with Crippen molar-refractivity contribution in [1.82, 2.24) is 5.32 Å². The third-order valence-electron chi connectivity index (χ3n) is 3.45. The van der Waals surface area contributed by atoms with Crippen molar-refractivity contribution in [3.05, 3.63) is 34.9 Å². The van der Waals surface area contributed by atoms with Crippen molar-refractivity contribution < 1.29 is 4.79 Å². The molecule has 0 spiro atoms. The number of benzene rings is 1. The van der Waals surface area contributed by atoms with Gasteiger partial charge in [0.2, 0.25) is 0 Å². The highest BCUT2D eigenvalue weighted by Gasteiger charge is 2.34. The molecule has 0 unspecified atom stereocenters. The van der Waals surface area contributed by atoms with E-state index in [1.54, 1.807) is 12.1 Å². The molecule has 1 aliphatic carbocycles. The number of hydrogen-bond acceptors (Lipinski definition) is 2. The second kappa shape index (κ2) is 5.07. The van der Waals surface area contributed by atoms with E-state index in [-0.39, 0.29) is 11.4 Å². The van der Waals surface area contributed by atoms with Crippen LogP contribution in [0.5, 0.6) is 0 Å². The van der Waals surface area contributed by atoms with Crippen LogP contribution in [0.2, 0.25) is 5.02 Å². The van der Waals surface area contributed by atoms with Crippen molar-refractivity contribution in [2.24, 2.45) is 5.73 Å². The molecular weight excluding hydrogens is 236 g/mol. The highest BCUT2D eigenvalue weighted by Crippen LogP contribution is 2.29. The fourth-order valence-corrected chi connectivity index (χ4v) is 2.61. The van der Waals surface area contributed by atoms with Crippen LogP contribution in [0.25, 0.3) is 0 Å². The molecule has 3 N–H and O–H groups in total. The molecule has 0 heterocycles. The smallest absolute Gasteiger partial charge is 0.253 e. The number of nitrogens with two attached hydrogens (primary N) is 1. The first-order chi connectivity index (χ1) is 8.17. The normalized spacial score (nSPS) is 18.0. The molecule has 1 amide bonds. The standard InChI is InChI=1S/C13H17ClN2O/c14-11-6-2-1-5-10(11)12(17)16-13(9-15)7-3-4-8-13/h1-2,5-6H,3-4,7-9,15H2,(H,16,17). The van der Waals surface area contributed by atoms with Gasteiger partial charge in [-0.15, -0.1) is 0 Å². The Morgan fingerprint density at radius 3 is 2.59 bits per heavy atom. The summed E-state index contributed by atoms with van der Waals surface area (Å²) in [5.74, 6) is -0.122. The summed E-state index contributed by atoms with van der Waals surface area (Å²) in [7, 11) is 0. The summed E-state index contributed by atoms with van der Waals surface area (Å²) in [6, 6.07) is 7.08. The zero-order chi connectivity index (χ0) is 12.3. The maximum atomic E-state index is 12.1. The molecular formula is C13H17ClN2O. The first-order valence-electron chi connectivity index (χ1n) is 5.94. The molecule has 4 heteroatoms. The summed E-state index contributed by atoms with van der Waals surface area (Å²) in [4.78, 5) is 12.1. The van der Waals surface area contributed by atoms with Crippen molar-refractivity contribution in [3.8, 4) is 0 Å². The number of rotatable bonds is 3. The van der Waals surface area contributed by atoms with Gasteiger partial charge in [0.05, 0.1) is 16.1 Å². The van der Waals surface area contributed by atoms with Crippen LogP contribution >= 0.6 is 11.6 Å². The first-order valence-corrected chi connectivity index (χ1v) is 6.32. The Hall–Kier alpha value is -1.06. The van der Waals surface area contributed by atoms with E-state index in [1.165, 1.54) is 0 Å². The van der Waals surface area contributed by atoms with Crippen molar-refractivity contribution >= 4 is 17.5 Å². The van der Waals surface area contributed by atoms with Crippen LogP contribution in [0, 0.1) is 0 Å². The maximum Gasteiger partial charge on any atom is 0.253 e. The Balaban J connectivity index is 2.14. The Kier molecular flexibility index (Phi) is 3.69. The molecule has 17 heavy (non-hydrogen) atoms. The van der Waals surface area contributed by atoms with Gasteiger partial charge in [0.15, 0.2) is 0 Å². The third kappa shape index (κ3) is 2.61. The zero-order valence-corrected chi connectivity index (χ0v) is 10.5. The molecule has 92 valence electrons. The Morgan fingerprint density at radius 1 is 1.35 bits per heavy atom. The van der Waals surface area contributed by atoms with Gasteiger partial charge in [0.1, 0.15) is 0 Å². The van der Waals surface area contributed by atoms with Gasteiger partial charge < -0.3 is 11.1 Å². The molecule has 1 aliphatic rings. The van der Waals surface area contributed by atoms with Crippen LogP contribution in [-0.4, -0.2) is 18.0 Å². The quantitative estimate of drug-likeness (QED) is 0.868. The van der Waals surface area contributed by atoms with Gasteiger partial charge in [0.25, 0.3) is 5.91 Å². The van der Waals surface area contributed by atoms with Crippen molar-refractivity contribution in [2.45, 2.75) is 31.2 Å². The molecule has 3 nitrogen and oxygen atoms in total. The lowest BCUT2D eigenvalue weighted by Gasteiger charge is -2.28. The van der Waals surface area contributed by atoms with Gasteiger partial charge in [0, 0.05) is 6.54 Å². The molecule has 1 fully saturated rings. The molecule has 2 rings (SSSR count). The van der Waals surface area contributed by atoms with Crippen molar-refractivity contribution in [1.29, 1.82) is 0 Å². The Labute approximate surface area is 106 Å². The summed E-state index contributed by atoms with van der Waals surface area (Å²) >= 11 is 6.00. The molecule has 0 radical (unpaired) electrons. The molecule has 0 aromatic heterocycles. The van der Waals surface area contributed by atoms with Gasteiger partial charge in [-0.05, 0) is 25.0 Å². The van der Waals surface area contributed by atoms with E-state index in [2.05, 4.69) is 5.32 Å². The van der Waals surface area contributed by atoms with Crippen LogP contribution < -0.4 is 11.1 Å². The van der Waals surface area contributed by atoms with Crippen molar-refractivity contribution in [3.63, 3.8) is 0 Å². The fraction of sp³-hybridized carbons (Fsp3) is 0.462. The van der Waals surface area contributed by atoms with E-state index in [0.717, 1.165) is 25.7 Å². The number of hydrogen-bond donors (Lipinski definition) is 2.